The van der Waals surface area contributed by atoms with Crippen molar-refractivity contribution in [3.8, 4) is 0 Å². The SMILES string of the molecule is Cc1ccc2c(c1)Sc1ccc(F)cc1C(O)C2. The van der Waals surface area contributed by atoms with E-state index >= 15 is 0 Å². The van der Waals surface area contributed by atoms with Crippen LogP contribution in [-0.4, -0.2) is 5.11 Å². The van der Waals surface area contributed by atoms with Crippen molar-refractivity contribution < 1.29 is 9.50 Å². The van der Waals surface area contributed by atoms with Crippen LogP contribution in [0.4, 0.5) is 4.39 Å². The van der Waals surface area contributed by atoms with Crippen molar-refractivity contribution in [2.24, 2.45) is 0 Å². The van der Waals surface area contributed by atoms with Gasteiger partial charge in [-0.2, -0.15) is 0 Å². The molecule has 1 nitrogen and oxygen atoms in total. The van der Waals surface area contributed by atoms with Gasteiger partial charge in [-0.05, 0) is 47.9 Å². The molecule has 0 radical (unpaired) electrons. The molecule has 0 bridgehead atoms. The van der Waals surface area contributed by atoms with Gasteiger partial charge in [-0.1, -0.05) is 23.9 Å². The third-order valence-electron chi connectivity index (χ3n) is 3.19. The number of aliphatic hydroxyl groups excluding tert-OH is 1. The Morgan fingerprint density at radius 2 is 2.00 bits per heavy atom. The minimum atomic E-state index is -0.632. The number of aryl methyl sites for hydroxylation is 1. The molecule has 3 heteroatoms. The molecule has 92 valence electrons. The number of benzene rings is 2. The predicted molar refractivity (Wildman–Crippen MR) is 70.4 cm³/mol. The lowest BCUT2D eigenvalue weighted by atomic mass is 10.0. The molecule has 0 fully saturated rings. The normalized spacial score (nSPS) is 17.8. The summed E-state index contributed by atoms with van der Waals surface area (Å²) in [5, 5.41) is 10.2. The molecule has 1 unspecified atom stereocenters. The Balaban J connectivity index is 2.14. The summed E-state index contributed by atoms with van der Waals surface area (Å²) in [5.41, 5.74) is 3.00. The highest BCUT2D eigenvalue weighted by Gasteiger charge is 2.21. The molecule has 0 aliphatic carbocycles. The van der Waals surface area contributed by atoms with Crippen molar-refractivity contribution in [1.29, 1.82) is 0 Å². The second-order valence-electron chi connectivity index (χ2n) is 4.62. The number of hydrogen-bond acceptors (Lipinski definition) is 2. The zero-order valence-electron chi connectivity index (χ0n) is 9.98. The second kappa shape index (κ2) is 4.41. The van der Waals surface area contributed by atoms with E-state index in [2.05, 4.69) is 6.07 Å². The van der Waals surface area contributed by atoms with Crippen molar-refractivity contribution in [3.63, 3.8) is 0 Å². The van der Waals surface area contributed by atoms with Crippen molar-refractivity contribution in [3.05, 3.63) is 58.9 Å². The van der Waals surface area contributed by atoms with Crippen molar-refractivity contribution in [1.82, 2.24) is 0 Å². The highest BCUT2D eigenvalue weighted by Crippen LogP contribution is 2.41. The highest BCUT2D eigenvalue weighted by atomic mass is 32.2. The van der Waals surface area contributed by atoms with E-state index in [4.69, 9.17) is 0 Å². The third-order valence-corrected chi connectivity index (χ3v) is 4.38. The summed E-state index contributed by atoms with van der Waals surface area (Å²) in [5.74, 6) is -0.296. The first-order valence-electron chi connectivity index (χ1n) is 5.88. The third kappa shape index (κ3) is 2.04. The molecule has 0 amide bonds. The largest absolute Gasteiger partial charge is 0.388 e. The summed E-state index contributed by atoms with van der Waals surface area (Å²) in [4.78, 5) is 2.09. The second-order valence-corrected chi connectivity index (χ2v) is 5.70. The smallest absolute Gasteiger partial charge is 0.123 e. The fourth-order valence-corrected chi connectivity index (χ4v) is 3.45. The highest BCUT2D eigenvalue weighted by molar-refractivity contribution is 7.99. The minimum Gasteiger partial charge on any atom is -0.388 e. The van der Waals surface area contributed by atoms with Crippen LogP contribution < -0.4 is 0 Å². The molecule has 1 heterocycles. The van der Waals surface area contributed by atoms with Crippen LogP contribution in [0.25, 0.3) is 0 Å². The van der Waals surface area contributed by atoms with Gasteiger partial charge in [-0.25, -0.2) is 4.39 Å². The van der Waals surface area contributed by atoms with Gasteiger partial charge in [0.1, 0.15) is 5.82 Å². The lowest BCUT2D eigenvalue weighted by Gasteiger charge is -2.10. The van der Waals surface area contributed by atoms with Crippen LogP contribution in [0.3, 0.4) is 0 Å². The first kappa shape index (κ1) is 11.8. The summed E-state index contributed by atoms with van der Waals surface area (Å²) < 4.78 is 13.3. The van der Waals surface area contributed by atoms with E-state index in [0.29, 0.717) is 12.0 Å². The summed E-state index contributed by atoms with van der Waals surface area (Å²) in [6.07, 6.45) is -0.0915. The van der Waals surface area contributed by atoms with Gasteiger partial charge in [0.05, 0.1) is 6.10 Å². The molecule has 0 saturated heterocycles. The van der Waals surface area contributed by atoms with Crippen LogP contribution in [0.2, 0.25) is 0 Å². The van der Waals surface area contributed by atoms with Crippen LogP contribution >= 0.6 is 11.8 Å². The quantitative estimate of drug-likeness (QED) is 0.776. The molecular weight excluding hydrogens is 247 g/mol. The van der Waals surface area contributed by atoms with Crippen molar-refractivity contribution in [2.45, 2.75) is 29.2 Å². The van der Waals surface area contributed by atoms with E-state index in [-0.39, 0.29) is 5.82 Å². The molecule has 2 aromatic carbocycles. The minimum absolute atomic E-state index is 0.296. The van der Waals surface area contributed by atoms with E-state index in [0.717, 1.165) is 15.4 Å². The topological polar surface area (TPSA) is 20.2 Å². The number of hydrogen-bond donors (Lipinski definition) is 1. The Morgan fingerprint density at radius 3 is 2.83 bits per heavy atom. The Hall–Kier alpha value is -1.32. The monoisotopic (exact) mass is 260 g/mol. The average molecular weight is 260 g/mol. The van der Waals surface area contributed by atoms with Gasteiger partial charge >= 0.3 is 0 Å². The standard InChI is InChI=1S/C15H13FOS/c1-9-2-3-10-7-13(17)12-8-11(16)4-5-14(12)18-15(10)6-9/h2-6,8,13,17H,7H2,1H3. The molecule has 0 saturated carbocycles. The van der Waals surface area contributed by atoms with Crippen LogP contribution in [0.5, 0.6) is 0 Å². The number of aliphatic hydroxyl groups is 1. The lowest BCUT2D eigenvalue weighted by Crippen LogP contribution is -2.02. The molecule has 18 heavy (non-hydrogen) atoms. The van der Waals surface area contributed by atoms with Crippen LogP contribution in [0, 0.1) is 12.7 Å². The summed E-state index contributed by atoms with van der Waals surface area (Å²) in [7, 11) is 0. The Labute approximate surface area is 110 Å². The summed E-state index contributed by atoms with van der Waals surface area (Å²) >= 11 is 1.60. The van der Waals surface area contributed by atoms with Gasteiger partial charge in [0.2, 0.25) is 0 Å². The van der Waals surface area contributed by atoms with Gasteiger partial charge < -0.3 is 5.11 Å². The maximum atomic E-state index is 13.3. The first-order valence-corrected chi connectivity index (χ1v) is 6.70. The molecule has 0 spiro atoms. The summed E-state index contributed by atoms with van der Waals surface area (Å²) in [6, 6.07) is 10.8. The average Bonchev–Trinajstić information content (AvgIpc) is 2.46. The molecule has 1 aliphatic heterocycles. The van der Waals surface area contributed by atoms with E-state index in [9.17, 15) is 9.50 Å². The van der Waals surface area contributed by atoms with Gasteiger partial charge in [-0.3, -0.25) is 0 Å². The maximum Gasteiger partial charge on any atom is 0.123 e. The maximum absolute atomic E-state index is 13.3. The lowest BCUT2D eigenvalue weighted by molar-refractivity contribution is 0.175. The molecule has 1 N–H and O–H groups in total. The van der Waals surface area contributed by atoms with E-state index in [1.54, 1.807) is 17.8 Å². The molecule has 1 atom stereocenters. The Bertz CT molecular complexity index is 609. The first-order chi connectivity index (χ1) is 8.63. The molecule has 2 aromatic rings. The zero-order valence-corrected chi connectivity index (χ0v) is 10.8. The van der Waals surface area contributed by atoms with Gasteiger partial charge in [0.25, 0.3) is 0 Å². The molecule has 1 aliphatic rings. The van der Waals surface area contributed by atoms with Crippen LogP contribution in [0.1, 0.15) is 22.8 Å². The van der Waals surface area contributed by atoms with Gasteiger partial charge in [0, 0.05) is 16.2 Å². The fourth-order valence-electron chi connectivity index (χ4n) is 2.23. The number of rotatable bonds is 0. The Kier molecular flexibility index (Phi) is 2.88. The van der Waals surface area contributed by atoms with Crippen molar-refractivity contribution >= 4 is 11.8 Å². The molecule has 3 rings (SSSR count). The Morgan fingerprint density at radius 1 is 1.17 bits per heavy atom. The number of fused-ring (bicyclic) bond motifs is 2. The van der Waals surface area contributed by atoms with E-state index in [1.807, 2.05) is 19.1 Å². The van der Waals surface area contributed by atoms with Crippen LogP contribution in [-0.2, 0) is 6.42 Å². The predicted octanol–water partition coefficient (Wildman–Crippen LogP) is 3.87. The molecule has 0 aromatic heterocycles. The van der Waals surface area contributed by atoms with Crippen LogP contribution in [0.15, 0.2) is 46.2 Å². The molecular formula is C15H13FOS. The number of halogens is 1. The van der Waals surface area contributed by atoms with Gasteiger partial charge in [0.15, 0.2) is 0 Å². The van der Waals surface area contributed by atoms with E-state index < -0.39 is 6.10 Å². The van der Waals surface area contributed by atoms with E-state index in [1.165, 1.54) is 17.7 Å². The summed E-state index contributed by atoms with van der Waals surface area (Å²) in [6.45, 7) is 2.05. The fraction of sp³-hybridized carbons (Fsp3) is 0.200. The van der Waals surface area contributed by atoms with Gasteiger partial charge in [-0.15, -0.1) is 0 Å². The van der Waals surface area contributed by atoms with Crippen molar-refractivity contribution in [2.75, 3.05) is 0 Å². The zero-order chi connectivity index (χ0) is 12.7.